The molecule has 5 heteroatoms. The Bertz CT molecular complexity index is 393. The molecule has 1 aromatic carbocycles. The van der Waals surface area contributed by atoms with E-state index in [4.69, 9.17) is 14.2 Å². The van der Waals surface area contributed by atoms with Gasteiger partial charge in [0, 0.05) is 12.7 Å². The molecule has 100 valence electrons. The minimum Gasteiger partial charge on any atom is -0.488 e. The van der Waals surface area contributed by atoms with Gasteiger partial charge >= 0.3 is 0 Å². The lowest BCUT2D eigenvalue weighted by Crippen LogP contribution is -2.10. The maximum absolute atomic E-state index is 13.5. The highest BCUT2D eigenvalue weighted by atomic mass is 19.1. The first-order valence-electron chi connectivity index (χ1n) is 5.65. The first-order chi connectivity index (χ1) is 8.65. The molecule has 0 saturated heterocycles. The lowest BCUT2D eigenvalue weighted by atomic mass is 10.1. The van der Waals surface area contributed by atoms with Gasteiger partial charge in [0.2, 0.25) is 0 Å². The number of benzene rings is 1. The van der Waals surface area contributed by atoms with Crippen LogP contribution in [0, 0.1) is 5.82 Å². The number of carbonyl (C=O) groups is 1. The third kappa shape index (κ3) is 4.81. The van der Waals surface area contributed by atoms with E-state index in [1.165, 1.54) is 25.1 Å². The Kier molecular flexibility index (Phi) is 6.32. The van der Waals surface area contributed by atoms with Gasteiger partial charge in [0.05, 0.1) is 19.8 Å². The molecule has 0 aliphatic carbocycles. The molecule has 0 radical (unpaired) electrons. The fourth-order valence-electron chi connectivity index (χ4n) is 1.29. The van der Waals surface area contributed by atoms with Crippen molar-refractivity contribution in [1.29, 1.82) is 0 Å². The number of hydrogen-bond donors (Lipinski definition) is 0. The molecule has 0 saturated carbocycles. The number of ether oxygens (including phenoxy) is 3. The number of ketones is 1. The quantitative estimate of drug-likeness (QED) is 0.527. The summed E-state index contributed by atoms with van der Waals surface area (Å²) < 4.78 is 28.7. The van der Waals surface area contributed by atoms with E-state index < -0.39 is 5.82 Å². The summed E-state index contributed by atoms with van der Waals surface area (Å²) in [5.74, 6) is -0.599. The maximum atomic E-state index is 13.5. The van der Waals surface area contributed by atoms with Crippen LogP contribution < -0.4 is 4.74 Å². The van der Waals surface area contributed by atoms with Crippen LogP contribution >= 0.6 is 0 Å². The zero-order chi connectivity index (χ0) is 13.4. The number of carbonyl (C=O) groups excluding carboxylic acids is 1. The zero-order valence-electron chi connectivity index (χ0n) is 10.6. The van der Waals surface area contributed by atoms with Crippen LogP contribution in [0.4, 0.5) is 4.39 Å². The van der Waals surface area contributed by atoms with Crippen molar-refractivity contribution in [3.63, 3.8) is 0 Å². The summed E-state index contributed by atoms with van der Waals surface area (Å²) in [6.07, 6.45) is 0. The highest BCUT2D eigenvalue weighted by Crippen LogP contribution is 2.18. The monoisotopic (exact) mass is 256 g/mol. The molecule has 0 amide bonds. The van der Waals surface area contributed by atoms with Crippen molar-refractivity contribution in [1.82, 2.24) is 0 Å². The predicted molar refractivity (Wildman–Crippen MR) is 64.6 cm³/mol. The topological polar surface area (TPSA) is 44.8 Å². The largest absolute Gasteiger partial charge is 0.488 e. The third-order valence-electron chi connectivity index (χ3n) is 2.26. The van der Waals surface area contributed by atoms with E-state index in [-0.39, 0.29) is 18.1 Å². The Morgan fingerprint density at radius 2 is 1.94 bits per heavy atom. The van der Waals surface area contributed by atoms with Gasteiger partial charge in [0.25, 0.3) is 0 Å². The number of hydrogen-bond acceptors (Lipinski definition) is 4. The highest BCUT2D eigenvalue weighted by Gasteiger charge is 2.07. The molecule has 18 heavy (non-hydrogen) atoms. The van der Waals surface area contributed by atoms with E-state index in [0.29, 0.717) is 25.4 Å². The molecule has 0 bridgehead atoms. The fraction of sp³-hybridized carbons (Fsp3) is 0.462. The van der Waals surface area contributed by atoms with Crippen LogP contribution in [0.2, 0.25) is 0 Å². The Hall–Kier alpha value is -1.46. The molecule has 1 aromatic rings. The van der Waals surface area contributed by atoms with E-state index in [1.54, 1.807) is 7.11 Å². The van der Waals surface area contributed by atoms with Gasteiger partial charge in [-0.05, 0) is 25.1 Å². The van der Waals surface area contributed by atoms with Crippen LogP contribution in [0.5, 0.6) is 5.75 Å². The summed E-state index contributed by atoms with van der Waals surface area (Å²) in [4.78, 5) is 11.0. The van der Waals surface area contributed by atoms with E-state index in [1.807, 2.05) is 0 Å². The molecule has 0 fully saturated rings. The van der Waals surface area contributed by atoms with Gasteiger partial charge in [0.1, 0.15) is 6.61 Å². The lowest BCUT2D eigenvalue weighted by Gasteiger charge is -2.08. The second-order valence-corrected chi connectivity index (χ2v) is 3.66. The predicted octanol–water partition coefficient (Wildman–Crippen LogP) is 2.07. The van der Waals surface area contributed by atoms with Crippen LogP contribution in [0.1, 0.15) is 17.3 Å². The summed E-state index contributed by atoms with van der Waals surface area (Å²) in [7, 11) is 1.59. The number of methoxy groups -OCH3 is 1. The Morgan fingerprint density at radius 1 is 1.22 bits per heavy atom. The van der Waals surface area contributed by atoms with Crippen molar-refractivity contribution in [2.75, 3.05) is 33.5 Å². The standard InChI is InChI=1S/C13H17FO4/c1-10(15)11-3-4-13(12(14)9-11)18-8-7-17-6-5-16-2/h3-4,9H,5-8H2,1-2H3. The Balaban J connectivity index is 2.36. The first-order valence-corrected chi connectivity index (χ1v) is 5.65. The van der Waals surface area contributed by atoms with Crippen LogP contribution in [0.15, 0.2) is 18.2 Å². The van der Waals surface area contributed by atoms with Gasteiger partial charge in [-0.15, -0.1) is 0 Å². The highest BCUT2D eigenvalue weighted by molar-refractivity contribution is 5.94. The first kappa shape index (κ1) is 14.6. The normalized spacial score (nSPS) is 10.4. The lowest BCUT2D eigenvalue weighted by molar-refractivity contribution is 0.0538. The molecule has 4 nitrogen and oxygen atoms in total. The molecular formula is C13H17FO4. The Labute approximate surface area is 106 Å². The summed E-state index contributed by atoms with van der Waals surface area (Å²) in [6.45, 7) is 2.99. The summed E-state index contributed by atoms with van der Waals surface area (Å²) >= 11 is 0. The molecule has 0 N–H and O–H groups in total. The summed E-state index contributed by atoms with van der Waals surface area (Å²) in [5, 5.41) is 0. The van der Waals surface area contributed by atoms with Gasteiger partial charge < -0.3 is 14.2 Å². The van der Waals surface area contributed by atoms with Gasteiger partial charge in [0.15, 0.2) is 17.3 Å². The zero-order valence-corrected chi connectivity index (χ0v) is 10.6. The average molecular weight is 256 g/mol. The van der Waals surface area contributed by atoms with Gasteiger partial charge in [-0.1, -0.05) is 0 Å². The molecular weight excluding hydrogens is 239 g/mol. The number of Topliss-reactive ketones (excluding diaryl/α,β-unsaturated/α-hetero) is 1. The van der Waals surface area contributed by atoms with Gasteiger partial charge in [-0.25, -0.2) is 4.39 Å². The fourth-order valence-corrected chi connectivity index (χ4v) is 1.29. The smallest absolute Gasteiger partial charge is 0.165 e. The molecule has 0 aromatic heterocycles. The van der Waals surface area contributed by atoms with Crippen molar-refractivity contribution in [2.45, 2.75) is 6.92 Å². The molecule has 0 aliphatic heterocycles. The molecule has 0 aliphatic rings. The molecule has 1 rings (SSSR count). The van der Waals surface area contributed by atoms with Crippen LogP contribution in [-0.4, -0.2) is 39.3 Å². The molecule has 0 heterocycles. The van der Waals surface area contributed by atoms with Gasteiger partial charge in [-0.2, -0.15) is 0 Å². The average Bonchev–Trinajstić information content (AvgIpc) is 2.35. The van der Waals surface area contributed by atoms with Gasteiger partial charge in [-0.3, -0.25) is 4.79 Å². The SMILES string of the molecule is COCCOCCOc1ccc(C(C)=O)cc1F. The van der Waals surface area contributed by atoms with Crippen molar-refractivity contribution in [3.8, 4) is 5.75 Å². The summed E-state index contributed by atoms with van der Waals surface area (Å²) in [5.41, 5.74) is 0.330. The second kappa shape index (κ2) is 7.79. The number of rotatable bonds is 8. The molecule has 0 unspecified atom stereocenters. The van der Waals surface area contributed by atoms with Crippen molar-refractivity contribution < 1.29 is 23.4 Å². The minimum atomic E-state index is -0.542. The van der Waals surface area contributed by atoms with Crippen molar-refractivity contribution in [2.24, 2.45) is 0 Å². The molecule has 0 atom stereocenters. The van der Waals surface area contributed by atoms with E-state index in [2.05, 4.69) is 0 Å². The van der Waals surface area contributed by atoms with Crippen molar-refractivity contribution in [3.05, 3.63) is 29.6 Å². The Morgan fingerprint density at radius 3 is 2.56 bits per heavy atom. The third-order valence-corrected chi connectivity index (χ3v) is 2.26. The van der Waals surface area contributed by atoms with Crippen molar-refractivity contribution >= 4 is 5.78 Å². The van der Waals surface area contributed by atoms with Crippen LogP contribution in [0.3, 0.4) is 0 Å². The molecule has 0 spiro atoms. The van der Waals surface area contributed by atoms with Crippen LogP contribution in [-0.2, 0) is 9.47 Å². The maximum Gasteiger partial charge on any atom is 0.165 e. The van der Waals surface area contributed by atoms with Crippen LogP contribution in [0.25, 0.3) is 0 Å². The van der Waals surface area contributed by atoms with E-state index in [0.717, 1.165) is 0 Å². The summed E-state index contributed by atoms with van der Waals surface area (Å²) in [6, 6.07) is 4.15. The van der Waals surface area contributed by atoms with E-state index in [9.17, 15) is 9.18 Å². The minimum absolute atomic E-state index is 0.121. The number of halogens is 1. The second-order valence-electron chi connectivity index (χ2n) is 3.66. The van der Waals surface area contributed by atoms with E-state index >= 15 is 0 Å².